The molecule has 94 valence electrons. The molecule has 6 heteroatoms. The van der Waals surface area contributed by atoms with Crippen molar-refractivity contribution in [3.05, 3.63) is 22.7 Å². The molecular weight excluding hydrogens is 252 g/mol. The molecule has 0 atom stereocenters. The summed E-state index contributed by atoms with van der Waals surface area (Å²) in [5, 5.41) is 3.07. The molecule has 0 aromatic heterocycles. The Morgan fingerprint density at radius 3 is 2.82 bits per heavy atom. The van der Waals surface area contributed by atoms with Gasteiger partial charge in [-0.3, -0.25) is 0 Å². The molecule has 0 aliphatic carbocycles. The number of rotatable bonds is 4. The van der Waals surface area contributed by atoms with Crippen LogP contribution in [-0.2, 0) is 6.54 Å². The number of hydrogen-bond acceptors (Lipinski definition) is 3. The predicted molar refractivity (Wildman–Crippen MR) is 60.2 cm³/mol. The van der Waals surface area contributed by atoms with E-state index in [9.17, 15) is 8.78 Å². The van der Waals surface area contributed by atoms with Crippen molar-refractivity contribution in [1.29, 1.82) is 0 Å². The van der Waals surface area contributed by atoms with Gasteiger partial charge in [-0.05, 0) is 17.7 Å². The number of fused-ring (bicyclic) bond motifs is 1. The lowest BCUT2D eigenvalue weighted by atomic mass is 10.2. The van der Waals surface area contributed by atoms with Crippen LogP contribution in [0.2, 0.25) is 5.02 Å². The van der Waals surface area contributed by atoms with Crippen LogP contribution < -0.4 is 14.8 Å². The van der Waals surface area contributed by atoms with E-state index >= 15 is 0 Å². The van der Waals surface area contributed by atoms with Crippen molar-refractivity contribution < 1.29 is 18.3 Å². The summed E-state index contributed by atoms with van der Waals surface area (Å²) in [5.74, 6) is 1.09. The zero-order valence-electron chi connectivity index (χ0n) is 9.01. The number of benzene rings is 1. The van der Waals surface area contributed by atoms with Crippen molar-refractivity contribution in [1.82, 2.24) is 5.32 Å². The summed E-state index contributed by atoms with van der Waals surface area (Å²) in [4.78, 5) is 0. The molecule has 17 heavy (non-hydrogen) atoms. The van der Waals surface area contributed by atoms with Gasteiger partial charge < -0.3 is 14.8 Å². The summed E-state index contributed by atoms with van der Waals surface area (Å²) in [7, 11) is 0. The Balaban J connectivity index is 2.06. The molecule has 0 unspecified atom stereocenters. The second-order valence-corrected chi connectivity index (χ2v) is 4.03. The van der Waals surface area contributed by atoms with E-state index in [1.807, 2.05) is 0 Å². The molecule has 1 N–H and O–H groups in total. The summed E-state index contributed by atoms with van der Waals surface area (Å²) in [5.41, 5.74) is 0.792. The summed E-state index contributed by atoms with van der Waals surface area (Å²) >= 11 is 6.01. The van der Waals surface area contributed by atoms with Crippen molar-refractivity contribution in [3.8, 4) is 11.5 Å². The van der Waals surface area contributed by atoms with Crippen molar-refractivity contribution in [2.24, 2.45) is 0 Å². The topological polar surface area (TPSA) is 30.5 Å². The van der Waals surface area contributed by atoms with Crippen LogP contribution in [-0.4, -0.2) is 26.2 Å². The molecule has 0 bridgehead atoms. The molecule has 0 fully saturated rings. The zero-order chi connectivity index (χ0) is 12.3. The normalized spacial score (nSPS) is 14.1. The Kier molecular flexibility index (Phi) is 4.02. The summed E-state index contributed by atoms with van der Waals surface area (Å²) < 4.78 is 34.7. The standard InChI is InChI=1S/C11H12ClF2NO2/c12-8-3-7(5-15-6-10(13)14)4-9-11(8)17-2-1-16-9/h3-4,10,15H,1-2,5-6H2. The zero-order valence-corrected chi connectivity index (χ0v) is 9.77. The van der Waals surface area contributed by atoms with Crippen LogP contribution >= 0.6 is 11.6 Å². The first-order valence-corrected chi connectivity index (χ1v) is 5.61. The van der Waals surface area contributed by atoms with E-state index in [2.05, 4.69) is 5.32 Å². The van der Waals surface area contributed by atoms with Crippen LogP contribution in [0, 0.1) is 0 Å². The van der Waals surface area contributed by atoms with Crippen molar-refractivity contribution in [3.63, 3.8) is 0 Å². The van der Waals surface area contributed by atoms with Gasteiger partial charge in [0.1, 0.15) is 13.2 Å². The monoisotopic (exact) mass is 263 g/mol. The molecule has 1 heterocycles. The fourth-order valence-electron chi connectivity index (χ4n) is 1.59. The van der Waals surface area contributed by atoms with Gasteiger partial charge in [-0.2, -0.15) is 0 Å². The van der Waals surface area contributed by atoms with Gasteiger partial charge in [0.25, 0.3) is 6.43 Å². The van der Waals surface area contributed by atoms with E-state index in [0.717, 1.165) is 5.56 Å². The molecule has 1 aromatic carbocycles. The molecule has 1 aromatic rings. The maximum Gasteiger partial charge on any atom is 0.250 e. The average molecular weight is 264 g/mol. The third kappa shape index (κ3) is 3.20. The van der Waals surface area contributed by atoms with Gasteiger partial charge in [-0.15, -0.1) is 0 Å². The Bertz CT molecular complexity index is 401. The molecule has 0 radical (unpaired) electrons. The number of nitrogens with one attached hydrogen (secondary N) is 1. The van der Waals surface area contributed by atoms with E-state index in [0.29, 0.717) is 36.3 Å². The van der Waals surface area contributed by atoms with Gasteiger partial charge in [-0.25, -0.2) is 8.78 Å². The maximum atomic E-state index is 12.0. The molecular formula is C11H12ClF2NO2. The van der Waals surface area contributed by atoms with E-state index in [1.165, 1.54) is 0 Å². The highest BCUT2D eigenvalue weighted by Crippen LogP contribution is 2.38. The fraction of sp³-hybridized carbons (Fsp3) is 0.455. The second-order valence-electron chi connectivity index (χ2n) is 3.62. The number of alkyl halides is 2. The Morgan fingerprint density at radius 2 is 2.06 bits per heavy atom. The Hall–Kier alpha value is -1.07. The van der Waals surface area contributed by atoms with E-state index in [1.54, 1.807) is 12.1 Å². The summed E-state index contributed by atoms with van der Waals surface area (Å²) in [6, 6.07) is 3.44. The first-order chi connectivity index (χ1) is 8.16. The van der Waals surface area contributed by atoms with Crippen LogP contribution in [0.5, 0.6) is 11.5 Å². The van der Waals surface area contributed by atoms with Crippen LogP contribution in [0.25, 0.3) is 0 Å². The highest BCUT2D eigenvalue weighted by atomic mass is 35.5. The molecule has 0 saturated heterocycles. The van der Waals surface area contributed by atoms with E-state index < -0.39 is 6.43 Å². The number of halogens is 3. The first-order valence-electron chi connectivity index (χ1n) is 5.23. The Labute approximate surface area is 103 Å². The number of hydrogen-bond donors (Lipinski definition) is 1. The van der Waals surface area contributed by atoms with Crippen LogP contribution in [0.3, 0.4) is 0 Å². The SMILES string of the molecule is FC(F)CNCc1cc(Cl)c2c(c1)OCCO2. The summed E-state index contributed by atoms with van der Waals surface area (Å²) in [6.07, 6.45) is -2.36. The lowest BCUT2D eigenvalue weighted by molar-refractivity contribution is 0.145. The van der Waals surface area contributed by atoms with Crippen LogP contribution in [0.4, 0.5) is 8.78 Å². The predicted octanol–water partition coefficient (Wildman–Crippen LogP) is 2.47. The minimum atomic E-state index is -2.36. The lowest BCUT2D eigenvalue weighted by Crippen LogP contribution is -2.21. The minimum Gasteiger partial charge on any atom is -0.486 e. The molecule has 0 amide bonds. The van der Waals surface area contributed by atoms with Crippen LogP contribution in [0.15, 0.2) is 12.1 Å². The van der Waals surface area contributed by atoms with Gasteiger partial charge in [-0.1, -0.05) is 11.6 Å². The van der Waals surface area contributed by atoms with Gasteiger partial charge in [0.15, 0.2) is 11.5 Å². The second kappa shape index (κ2) is 5.51. The van der Waals surface area contributed by atoms with Crippen molar-refractivity contribution >= 4 is 11.6 Å². The summed E-state index contributed by atoms with van der Waals surface area (Å²) in [6.45, 7) is 0.916. The molecule has 1 aliphatic rings. The highest BCUT2D eigenvalue weighted by molar-refractivity contribution is 6.32. The average Bonchev–Trinajstić information content (AvgIpc) is 2.28. The molecule has 0 spiro atoms. The van der Waals surface area contributed by atoms with Crippen molar-refractivity contribution in [2.45, 2.75) is 13.0 Å². The van der Waals surface area contributed by atoms with Crippen molar-refractivity contribution in [2.75, 3.05) is 19.8 Å². The quantitative estimate of drug-likeness (QED) is 0.905. The third-order valence-corrected chi connectivity index (χ3v) is 2.57. The maximum absolute atomic E-state index is 12.0. The third-order valence-electron chi connectivity index (χ3n) is 2.28. The van der Waals surface area contributed by atoms with Gasteiger partial charge in [0, 0.05) is 6.54 Å². The van der Waals surface area contributed by atoms with E-state index in [-0.39, 0.29) is 6.54 Å². The highest BCUT2D eigenvalue weighted by Gasteiger charge is 2.16. The van der Waals surface area contributed by atoms with E-state index in [4.69, 9.17) is 21.1 Å². The molecule has 2 rings (SSSR count). The van der Waals surface area contributed by atoms with Crippen LogP contribution in [0.1, 0.15) is 5.56 Å². The first kappa shape index (κ1) is 12.4. The molecule has 3 nitrogen and oxygen atoms in total. The fourth-order valence-corrected chi connectivity index (χ4v) is 1.88. The Morgan fingerprint density at radius 1 is 1.29 bits per heavy atom. The molecule has 1 aliphatic heterocycles. The van der Waals surface area contributed by atoms with Gasteiger partial charge in [0.2, 0.25) is 0 Å². The number of ether oxygens (including phenoxy) is 2. The minimum absolute atomic E-state index is 0.320. The molecule has 0 saturated carbocycles. The largest absolute Gasteiger partial charge is 0.486 e. The lowest BCUT2D eigenvalue weighted by Gasteiger charge is -2.20. The van der Waals surface area contributed by atoms with Gasteiger partial charge in [0.05, 0.1) is 11.6 Å². The van der Waals surface area contributed by atoms with Gasteiger partial charge >= 0.3 is 0 Å². The smallest absolute Gasteiger partial charge is 0.250 e.